The maximum atomic E-state index is 13.1. The van der Waals surface area contributed by atoms with Crippen LogP contribution in [0.1, 0.15) is 48.2 Å². The first-order chi connectivity index (χ1) is 14.6. The summed E-state index contributed by atoms with van der Waals surface area (Å²) in [6, 6.07) is 13.3. The number of fused-ring (bicyclic) bond motifs is 1. The first kappa shape index (κ1) is 21.8. The highest BCUT2D eigenvalue weighted by Gasteiger charge is 2.35. The Balaban J connectivity index is 1.50. The number of nitrogens with one attached hydrogen (secondary N) is 1. The first-order valence-corrected chi connectivity index (χ1v) is 12.1. The standard InChI is InChI=1S/C23H29N3O4S/c1-23(2)13-17-11-19(31(24,28)29)12-20(21(17)30-23)22(27)25-14-18-9-6-10-26(18)15-16-7-4-3-5-8-16/h3-5,7-8,11-12,18H,6,9-10,13-15H2,1-2H3,(H,25,27)(H2,24,28,29). The monoisotopic (exact) mass is 443 g/mol. The molecule has 2 aliphatic heterocycles. The Morgan fingerprint density at radius 3 is 2.71 bits per heavy atom. The summed E-state index contributed by atoms with van der Waals surface area (Å²) >= 11 is 0. The molecule has 0 saturated carbocycles. The van der Waals surface area contributed by atoms with Crippen molar-refractivity contribution in [3.63, 3.8) is 0 Å². The third-order valence-corrected chi connectivity index (χ3v) is 6.83. The molecular weight excluding hydrogens is 414 g/mol. The molecule has 1 atom stereocenters. The van der Waals surface area contributed by atoms with Crippen LogP contribution in [0.2, 0.25) is 0 Å². The van der Waals surface area contributed by atoms with Gasteiger partial charge in [-0.3, -0.25) is 9.69 Å². The number of sulfonamides is 1. The van der Waals surface area contributed by atoms with Crippen molar-refractivity contribution in [2.24, 2.45) is 5.14 Å². The number of carbonyl (C=O) groups is 1. The average Bonchev–Trinajstić information content (AvgIpc) is 3.27. The first-order valence-electron chi connectivity index (χ1n) is 10.6. The number of hydrogen-bond acceptors (Lipinski definition) is 5. The van der Waals surface area contributed by atoms with E-state index in [0.29, 0.717) is 24.3 Å². The highest BCUT2D eigenvalue weighted by atomic mass is 32.2. The maximum absolute atomic E-state index is 13.1. The van der Waals surface area contributed by atoms with Crippen LogP contribution in [0.5, 0.6) is 5.75 Å². The number of nitrogens with zero attached hydrogens (tertiary/aromatic N) is 1. The van der Waals surface area contributed by atoms with Crippen LogP contribution in [0.3, 0.4) is 0 Å². The Bertz CT molecular complexity index is 1080. The number of hydrogen-bond donors (Lipinski definition) is 2. The number of rotatable bonds is 6. The van der Waals surface area contributed by atoms with E-state index in [1.807, 2.05) is 32.0 Å². The quantitative estimate of drug-likeness (QED) is 0.714. The molecule has 2 aliphatic rings. The van der Waals surface area contributed by atoms with Crippen LogP contribution in [0.25, 0.3) is 0 Å². The smallest absolute Gasteiger partial charge is 0.255 e. The molecule has 8 heteroatoms. The molecule has 1 saturated heterocycles. The Labute approximate surface area is 183 Å². The van der Waals surface area contributed by atoms with Crippen molar-refractivity contribution < 1.29 is 17.9 Å². The van der Waals surface area contributed by atoms with Crippen LogP contribution in [0.4, 0.5) is 0 Å². The fraction of sp³-hybridized carbons (Fsp3) is 0.435. The molecule has 0 spiro atoms. The van der Waals surface area contributed by atoms with E-state index >= 15 is 0 Å². The van der Waals surface area contributed by atoms with E-state index in [4.69, 9.17) is 9.88 Å². The third kappa shape index (κ3) is 4.92. The van der Waals surface area contributed by atoms with Gasteiger partial charge in [0.25, 0.3) is 5.91 Å². The van der Waals surface area contributed by atoms with Crippen LogP contribution in [0, 0.1) is 0 Å². The Morgan fingerprint density at radius 1 is 1.26 bits per heavy atom. The van der Waals surface area contributed by atoms with Gasteiger partial charge in [-0.1, -0.05) is 30.3 Å². The summed E-state index contributed by atoms with van der Waals surface area (Å²) < 4.78 is 29.9. The highest BCUT2D eigenvalue weighted by Crippen LogP contribution is 2.39. The molecule has 0 aliphatic carbocycles. The zero-order valence-corrected chi connectivity index (χ0v) is 18.7. The summed E-state index contributed by atoms with van der Waals surface area (Å²) in [5.41, 5.74) is 1.65. The van der Waals surface area contributed by atoms with Crippen LogP contribution in [0.15, 0.2) is 47.4 Å². The molecule has 0 bridgehead atoms. The lowest BCUT2D eigenvalue weighted by Gasteiger charge is -2.25. The van der Waals surface area contributed by atoms with E-state index < -0.39 is 15.6 Å². The van der Waals surface area contributed by atoms with Gasteiger partial charge in [-0.15, -0.1) is 0 Å². The number of nitrogens with two attached hydrogens (primary N) is 1. The molecule has 1 fully saturated rings. The van der Waals surface area contributed by atoms with Gasteiger partial charge < -0.3 is 10.1 Å². The minimum Gasteiger partial charge on any atom is -0.486 e. The summed E-state index contributed by atoms with van der Waals surface area (Å²) in [6.07, 6.45) is 2.60. The zero-order chi connectivity index (χ0) is 22.2. The summed E-state index contributed by atoms with van der Waals surface area (Å²) in [4.78, 5) is 15.4. The fourth-order valence-electron chi connectivity index (χ4n) is 4.47. The second kappa shape index (κ2) is 8.26. The van der Waals surface area contributed by atoms with Gasteiger partial charge in [0.05, 0.1) is 10.5 Å². The second-order valence-corrected chi connectivity index (χ2v) is 10.6. The molecule has 2 aromatic carbocycles. The van der Waals surface area contributed by atoms with Crippen molar-refractivity contribution in [1.82, 2.24) is 10.2 Å². The van der Waals surface area contributed by atoms with Crippen LogP contribution in [-0.4, -0.2) is 44.0 Å². The number of amides is 1. The average molecular weight is 444 g/mol. The molecular formula is C23H29N3O4S. The molecule has 1 amide bonds. The highest BCUT2D eigenvalue weighted by molar-refractivity contribution is 7.89. The number of ether oxygens (including phenoxy) is 1. The number of benzene rings is 2. The molecule has 4 rings (SSSR count). The Hall–Kier alpha value is -2.42. The topological polar surface area (TPSA) is 102 Å². The van der Waals surface area contributed by atoms with Gasteiger partial charge in [0.2, 0.25) is 10.0 Å². The minimum atomic E-state index is -3.94. The number of likely N-dealkylation sites (tertiary alicyclic amines) is 1. The molecule has 1 unspecified atom stereocenters. The van der Waals surface area contributed by atoms with Crippen molar-refractivity contribution in [3.05, 3.63) is 59.2 Å². The molecule has 0 radical (unpaired) electrons. The summed E-state index contributed by atoms with van der Waals surface area (Å²) in [5.74, 6) is 0.105. The lowest BCUT2D eigenvalue weighted by atomic mass is 10.0. The van der Waals surface area contributed by atoms with Gasteiger partial charge in [-0.25, -0.2) is 13.6 Å². The van der Waals surface area contributed by atoms with E-state index in [1.165, 1.54) is 17.7 Å². The molecule has 7 nitrogen and oxygen atoms in total. The maximum Gasteiger partial charge on any atom is 0.255 e. The van der Waals surface area contributed by atoms with E-state index in [2.05, 4.69) is 22.3 Å². The number of primary sulfonamides is 1. The molecule has 31 heavy (non-hydrogen) atoms. The third-order valence-electron chi connectivity index (χ3n) is 5.93. The predicted molar refractivity (Wildman–Crippen MR) is 118 cm³/mol. The van der Waals surface area contributed by atoms with Crippen molar-refractivity contribution >= 4 is 15.9 Å². The van der Waals surface area contributed by atoms with E-state index in [1.54, 1.807) is 0 Å². The summed E-state index contributed by atoms with van der Waals surface area (Å²) in [6.45, 7) is 6.14. The molecule has 0 aromatic heterocycles. The van der Waals surface area contributed by atoms with Gasteiger partial charge >= 0.3 is 0 Å². The molecule has 2 aromatic rings. The normalized spacial score (nSPS) is 20.3. The Kier molecular flexibility index (Phi) is 5.81. The van der Waals surface area contributed by atoms with Crippen LogP contribution >= 0.6 is 0 Å². The van der Waals surface area contributed by atoms with E-state index in [-0.39, 0.29) is 22.4 Å². The van der Waals surface area contributed by atoms with Gasteiger partial charge in [-0.2, -0.15) is 0 Å². The summed E-state index contributed by atoms with van der Waals surface area (Å²) in [5, 5.41) is 8.34. The largest absolute Gasteiger partial charge is 0.486 e. The van der Waals surface area contributed by atoms with Gasteiger partial charge in [0.1, 0.15) is 11.4 Å². The zero-order valence-electron chi connectivity index (χ0n) is 17.9. The summed E-state index contributed by atoms with van der Waals surface area (Å²) in [7, 11) is -3.94. The van der Waals surface area contributed by atoms with Crippen LogP contribution in [-0.2, 0) is 23.0 Å². The van der Waals surface area contributed by atoms with Crippen molar-refractivity contribution in [3.8, 4) is 5.75 Å². The predicted octanol–water partition coefficient (Wildman–Crippen LogP) is 2.44. The lowest BCUT2D eigenvalue weighted by molar-refractivity contribution is 0.0926. The van der Waals surface area contributed by atoms with E-state index in [9.17, 15) is 13.2 Å². The van der Waals surface area contributed by atoms with Gasteiger partial charge in [0, 0.05) is 31.1 Å². The van der Waals surface area contributed by atoms with Crippen molar-refractivity contribution in [2.45, 2.75) is 56.2 Å². The van der Waals surface area contributed by atoms with E-state index in [0.717, 1.165) is 25.9 Å². The van der Waals surface area contributed by atoms with Gasteiger partial charge in [-0.05, 0) is 50.9 Å². The molecule has 2 heterocycles. The fourth-order valence-corrected chi connectivity index (χ4v) is 5.06. The van der Waals surface area contributed by atoms with Crippen molar-refractivity contribution in [1.29, 1.82) is 0 Å². The van der Waals surface area contributed by atoms with Crippen LogP contribution < -0.4 is 15.2 Å². The van der Waals surface area contributed by atoms with Gasteiger partial charge in [0.15, 0.2) is 0 Å². The molecule has 3 N–H and O–H groups in total. The minimum absolute atomic E-state index is 0.0655. The Morgan fingerprint density at radius 2 is 2.00 bits per heavy atom. The SMILES string of the molecule is CC1(C)Cc2cc(S(N)(=O)=O)cc(C(=O)NCC3CCCN3Cc3ccccc3)c2O1. The lowest BCUT2D eigenvalue weighted by Crippen LogP contribution is -2.40. The second-order valence-electron chi connectivity index (χ2n) is 9.00. The molecule has 166 valence electrons. The number of carbonyl (C=O) groups excluding carboxylic acids is 1. The van der Waals surface area contributed by atoms with Crippen molar-refractivity contribution in [2.75, 3.05) is 13.1 Å².